The fourth-order valence-electron chi connectivity index (χ4n) is 4.96. The lowest BCUT2D eigenvalue weighted by molar-refractivity contribution is -0.275. The molecular weight excluding hydrogens is 642 g/mol. The molecule has 0 heterocycles. The molecule has 0 bridgehead atoms. The summed E-state index contributed by atoms with van der Waals surface area (Å²) in [5.41, 5.74) is -0.837. The van der Waals surface area contributed by atoms with Gasteiger partial charge in [0.2, 0.25) is 0 Å². The predicted octanol–water partition coefficient (Wildman–Crippen LogP) is 11.4. The number of alkyl halides is 5. The van der Waals surface area contributed by atoms with E-state index in [2.05, 4.69) is 9.47 Å². The maximum atomic E-state index is 15.1. The van der Waals surface area contributed by atoms with Crippen LogP contribution in [0, 0.1) is 29.1 Å². The summed E-state index contributed by atoms with van der Waals surface area (Å²) in [6.07, 6.45) is -8.04. The first-order valence-corrected chi connectivity index (χ1v) is 14.0. The van der Waals surface area contributed by atoms with E-state index in [1.807, 2.05) is 31.2 Å². The van der Waals surface area contributed by atoms with E-state index < -0.39 is 64.2 Å². The summed E-state index contributed by atoms with van der Waals surface area (Å²) in [5, 5.41) is 0. The number of benzene rings is 5. The van der Waals surface area contributed by atoms with Crippen LogP contribution in [-0.4, -0.2) is 6.36 Å². The zero-order chi connectivity index (χ0) is 34.1. The highest BCUT2D eigenvalue weighted by Gasteiger charge is 2.41. The van der Waals surface area contributed by atoms with Crippen molar-refractivity contribution in [3.63, 3.8) is 0 Å². The number of hydrogen-bond acceptors (Lipinski definition) is 2. The van der Waals surface area contributed by atoms with Gasteiger partial charge in [0.15, 0.2) is 11.6 Å². The third-order valence-corrected chi connectivity index (χ3v) is 7.09. The van der Waals surface area contributed by atoms with Gasteiger partial charge in [-0.15, -0.1) is 13.2 Å². The van der Waals surface area contributed by atoms with Crippen LogP contribution in [0.1, 0.15) is 24.5 Å². The summed E-state index contributed by atoms with van der Waals surface area (Å²) in [5.74, 6) is -9.21. The molecule has 0 aliphatic rings. The molecule has 0 unspecified atom stereocenters. The van der Waals surface area contributed by atoms with Gasteiger partial charge < -0.3 is 9.47 Å². The van der Waals surface area contributed by atoms with Crippen molar-refractivity contribution >= 4 is 0 Å². The molecule has 0 amide bonds. The van der Waals surface area contributed by atoms with Crippen LogP contribution in [0.25, 0.3) is 33.4 Å². The first-order chi connectivity index (χ1) is 22.1. The average molecular weight is 665 g/mol. The molecule has 0 saturated carbocycles. The molecule has 2 nitrogen and oxygen atoms in total. The molecule has 0 aromatic heterocycles. The van der Waals surface area contributed by atoms with E-state index in [0.717, 1.165) is 42.7 Å². The molecule has 5 aromatic rings. The van der Waals surface area contributed by atoms with Gasteiger partial charge in [0, 0.05) is 17.2 Å². The number of halogens is 10. The van der Waals surface area contributed by atoms with Crippen molar-refractivity contribution in [3.05, 3.63) is 131 Å². The fraction of sp³-hybridized carbons (Fsp3) is 0.143. The molecule has 0 aliphatic carbocycles. The molecule has 0 spiro atoms. The highest BCUT2D eigenvalue weighted by Crippen LogP contribution is 2.39. The molecule has 0 radical (unpaired) electrons. The smallest absolute Gasteiger partial charge is 0.429 e. The molecule has 244 valence electrons. The van der Waals surface area contributed by atoms with E-state index >= 15 is 13.2 Å². The van der Waals surface area contributed by atoms with Gasteiger partial charge >= 0.3 is 12.5 Å². The normalized spacial score (nSPS) is 11.9. The van der Waals surface area contributed by atoms with Crippen molar-refractivity contribution in [2.24, 2.45) is 0 Å². The maximum Gasteiger partial charge on any atom is 0.573 e. The van der Waals surface area contributed by atoms with Crippen LogP contribution in [0.15, 0.2) is 91.0 Å². The van der Waals surface area contributed by atoms with E-state index in [-0.39, 0.29) is 16.7 Å². The topological polar surface area (TPSA) is 18.5 Å². The lowest BCUT2D eigenvalue weighted by Gasteiger charge is -2.20. The fourth-order valence-corrected chi connectivity index (χ4v) is 4.96. The van der Waals surface area contributed by atoms with Crippen molar-refractivity contribution in [3.8, 4) is 44.9 Å². The van der Waals surface area contributed by atoms with Crippen molar-refractivity contribution < 1.29 is 53.4 Å². The van der Waals surface area contributed by atoms with Gasteiger partial charge in [0.05, 0.1) is 0 Å². The molecule has 0 fully saturated rings. The Kier molecular flexibility index (Phi) is 9.24. The average Bonchev–Trinajstić information content (AvgIpc) is 2.97. The Morgan fingerprint density at radius 2 is 1.04 bits per heavy atom. The van der Waals surface area contributed by atoms with Crippen LogP contribution in [0.5, 0.6) is 11.5 Å². The Morgan fingerprint density at radius 1 is 0.511 bits per heavy atom. The number of hydrogen-bond donors (Lipinski definition) is 0. The standard InChI is InChI=1S/C35H22F10O2/c1-2-3-19-4-6-20(7-5-19)21-8-11-26(27(36)14-21)23-16-30(39)33(31(40)17-23)34(41,42)46-24-10-12-25(28(37)18-24)22-9-13-32(29(38)15-22)47-35(43,44)45/h4-18H,2-3H2,1H3. The second kappa shape index (κ2) is 13.0. The molecule has 0 N–H and O–H groups in total. The monoisotopic (exact) mass is 664 g/mol. The van der Waals surface area contributed by atoms with Gasteiger partial charge in [0.25, 0.3) is 0 Å². The predicted molar refractivity (Wildman–Crippen MR) is 154 cm³/mol. The van der Waals surface area contributed by atoms with Crippen molar-refractivity contribution in [1.82, 2.24) is 0 Å². The summed E-state index contributed by atoms with van der Waals surface area (Å²) < 4.78 is 149. The van der Waals surface area contributed by atoms with E-state index in [4.69, 9.17) is 0 Å². The first-order valence-electron chi connectivity index (χ1n) is 14.0. The van der Waals surface area contributed by atoms with Crippen LogP contribution < -0.4 is 9.47 Å². The van der Waals surface area contributed by atoms with Crippen LogP contribution in [0.3, 0.4) is 0 Å². The minimum atomic E-state index is -5.18. The zero-order valence-electron chi connectivity index (χ0n) is 24.2. The summed E-state index contributed by atoms with van der Waals surface area (Å²) in [4.78, 5) is 0. The summed E-state index contributed by atoms with van der Waals surface area (Å²) in [6.45, 7) is 2.04. The minimum absolute atomic E-state index is 0.253. The molecule has 0 aliphatic heterocycles. The molecule has 5 aromatic carbocycles. The highest BCUT2D eigenvalue weighted by atomic mass is 19.4. The molecule has 0 saturated heterocycles. The Morgan fingerprint density at radius 3 is 1.62 bits per heavy atom. The van der Waals surface area contributed by atoms with Crippen LogP contribution >= 0.6 is 0 Å². The van der Waals surface area contributed by atoms with Crippen molar-refractivity contribution in [2.45, 2.75) is 32.2 Å². The van der Waals surface area contributed by atoms with Gasteiger partial charge in [-0.05, 0) is 76.7 Å². The third-order valence-electron chi connectivity index (χ3n) is 7.09. The number of rotatable bonds is 9. The van der Waals surface area contributed by atoms with Gasteiger partial charge in [-0.1, -0.05) is 55.8 Å². The van der Waals surface area contributed by atoms with Crippen LogP contribution in [0.2, 0.25) is 0 Å². The minimum Gasteiger partial charge on any atom is -0.429 e. The van der Waals surface area contributed by atoms with E-state index in [1.54, 1.807) is 0 Å². The Balaban J connectivity index is 1.36. The van der Waals surface area contributed by atoms with Crippen molar-refractivity contribution in [1.29, 1.82) is 0 Å². The second-order valence-electron chi connectivity index (χ2n) is 10.4. The SMILES string of the molecule is CCCc1ccc(-c2ccc(-c3cc(F)c(C(F)(F)Oc4ccc(-c5ccc(OC(F)(F)F)c(F)c5)c(F)c4)c(F)c3)c(F)c2)cc1. The lowest BCUT2D eigenvalue weighted by Crippen LogP contribution is -2.25. The van der Waals surface area contributed by atoms with Gasteiger partial charge in [-0.3, -0.25) is 0 Å². The van der Waals surface area contributed by atoms with E-state index in [0.29, 0.717) is 41.5 Å². The van der Waals surface area contributed by atoms with Gasteiger partial charge in [-0.25, -0.2) is 22.0 Å². The number of ether oxygens (including phenoxy) is 2. The quantitative estimate of drug-likeness (QED) is 0.146. The van der Waals surface area contributed by atoms with Crippen LogP contribution in [-0.2, 0) is 12.5 Å². The van der Waals surface area contributed by atoms with Gasteiger partial charge in [0.1, 0.15) is 34.6 Å². The molecule has 12 heteroatoms. The first kappa shape index (κ1) is 33.4. The summed E-state index contributed by atoms with van der Waals surface area (Å²) in [7, 11) is 0. The molecule has 47 heavy (non-hydrogen) atoms. The van der Waals surface area contributed by atoms with E-state index in [1.165, 1.54) is 12.1 Å². The number of aryl methyl sites for hydroxylation is 1. The third kappa shape index (κ3) is 7.53. The molecule has 0 atom stereocenters. The Labute approximate surface area is 261 Å². The summed E-state index contributed by atoms with van der Waals surface area (Å²) in [6, 6.07) is 16.4. The summed E-state index contributed by atoms with van der Waals surface area (Å²) >= 11 is 0. The largest absolute Gasteiger partial charge is 0.573 e. The van der Waals surface area contributed by atoms with Crippen molar-refractivity contribution in [2.75, 3.05) is 0 Å². The molecular formula is C35H22F10O2. The zero-order valence-corrected chi connectivity index (χ0v) is 24.2. The van der Waals surface area contributed by atoms with E-state index in [9.17, 15) is 30.7 Å². The lowest BCUT2D eigenvalue weighted by atomic mass is 9.97. The molecule has 5 rings (SSSR count). The Hall–Kier alpha value is -5.00. The van der Waals surface area contributed by atoms with Crippen LogP contribution in [0.4, 0.5) is 43.9 Å². The Bertz CT molecular complexity index is 1890. The maximum absolute atomic E-state index is 15.1. The van der Waals surface area contributed by atoms with Gasteiger partial charge in [-0.2, -0.15) is 8.78 Å². The highest BCUT2D eigenvalue weighted by molar-refractivity contribution is 5.72. The second-order valence-corrected chi connectivity index (χ2v) is 10.4.